The van der Waals surface area contributed by atoms with E-state index < -0.39 is 6.16 Å². The number of hydrogen-bond donors (Lipinski definition) is 0. The first kappa shape index (κ1) is 5.41. The summed E-state index contributed by atoms with van der Waals surface area (Å²) >= 11 is 0. The van der Waals surface area contributed by atoms with Gasteiger partial charge in [-0.05, 0) is 12.3 Å². The van der Waals surface area contributed by atoms with E-state index in [0.29, 0.717) is 5.92 Å². The fraction of sp³-hybridized carbons (Fsp3) is 0.800. The smallest absolute Gasteiger partial charge is 0.428 e. The van der Waals surface area contributed by atoms with E-state index in [1.807, 2.05) is 6.92 Å². The lowest BCUT2D eigenvalue weighted by Crippen LogP contribution is -2.01. The fourth-order valence-electron chi connectivity index (χ4n) is 0.576. The Morgan fingerprint density at radius 1 is 1.75 bits per heavy atom. The molecule has 0 amide bonds. The van der Waals surface area contributed by atoms with E-state index in [9.17, 15) is 9.90 Å². The van der Waals surface area contributed by atoms with Crippen molar-refractivity contribution in [2.75, 3.05) is 0 Å². The van der Waals surface area contributed by atoms with Gasteiger partial charge in [0.15, 0.2) is 0 Å². The summed E-state index contributed by atoms with van der Waals surface area (Å²) in [6, 6.07) is 0. The van der Waals surface area contributed by atoms with E-state index >= 15 is 0 Å². The predicted octanol–water partition coefficient (Wildman–Crippen LogP) is 0.962. The highest BCUT2D eigenvalue weighted by Gasteiger charge is 2.36. The second kappa shape index (κ2) is 1.65. The van der Waals surface area contributed by atoms with Gasteiger partial charge in [-0.2, -0.15) is 9.90 Å². The van der Waals surface area contributed by atoms with Crippen molar-refractivity contribution in [1.29, 1.82) is 0 Å². The van der Waals surface area contributed by atoms with Crippen molar-refractivity contribution in [1.82, 2.24) is 0 Å². The normalized spacial score (nSPS) is 34.1. The predicted molar refractivity (Wildman–Crippen MR) is 24.7 cm³/mol. The molecule has 3 heteroatoms. The summed E-state index contributed by atoms with van der Waals surface area (Å²) in [7, 11) is 0. The molecule has 1 saturated carbocycles. The summed E-state index contributed by atoms with van der Waals surface area (Å²) < 4.78 is 4.28. The van der Waals surface area contributed by atoms with Crippen molar-refractivity contribution < 1.29 is 14.6 Å². The van der Waals surface area contributed by atoms with E-state index in [0.717, 1.165) is 6.42 Å². The number of rotatable bonds is 1. The monoisotopic (exact) mass is 115 g/mol. The van der Waals surface area contributed by atoms with Crippen LogP contribution in [-0.2, 0) is 9.84 Å². The third-order valence-corrected chi connectivity index (χ3v) is 1.28. The van der Waals surface area contributed by atoms with E-state index in [1.165, 1.54) is 0 Å². The summed E-state index contributed by atoms with van der Waals surface area (Å²) in [5, 5.41) is 9.66. The quantitative estimate of drug-likeness (QED) is 0.478. The van der Waals surface area contributed by atoms with Crippen LogP contribution >= 0.6 is 0 Å². The molecule has 0 aliphatic heterocycles. The number of hydrogen-bond acceptors (Lipinski definition) is 2. The Morgan fingerprint density at radius 2 is 2.25 bits per heavy atom. The second-order valence-corrected chi connectivity index (χ2v) is 2.12. The molecule has 1 radical (unpaired) electrons. The summed E-state index contributed by atoms with van der Waals surface area (Å²) in [6.45, 7) is 1.94. The Balaban J connectivity index is 2.14. The SMILES string of the molecule is CC1CC1OC([O])=O. The van der Waals surface area contributed by atoms with Gasteiger partial charge in [0.25, 0.3) is 0 Å². The van der Waals surface area contributed by atoms with Gasteiger partial charge < -0.3 is 4.74 Å². The van der Waals surface area contributed by atoms with E-state index in [2.05, 4.69) is 4.74 Å². The standard InChI is InChI=1S/C5H7O3/c1-3-2-4(3)8-5(6)7/h3-4H,2H2,1H3. The van der Waals surface area contributed by atoms with Crippen LogP contribution in [-0.4, -0.2) is 12.3 Å². The zero-order valence-electron chi connectivity index (χ0n) is 4.59. The van der Waals surface area contributed by atoms with Crippen LogP contribution in [0, 0.1) is 5.92 Å². The molecule has 0 spiro atoms. The molecule has 0 aromatic rings. The molecule has 45 valence electrons. The van der Waals surface area contributed by atoms with Crippen molar-refractivity contribution in [3.8, 4) is 0 Å². The molecule has 1 fully saturated rings. The number of carbonyl (C=O) groups is 1. The molecule has 8 heavy (non-hydrogen) atoms. The van der Waals surface area contributed by atoms with Gasteiger partial charge in [0.05, 0.1) is 0 Å². The van der Waals surface area contributed by atoms with E-state index in [4.69, 9.17) is 0 Å². The van der Waals surface area contributed by atoms with E-state index in [-0.39, 0.29) is 6.10 Å². The largest absolute Gasteiger partial charge is 0.550 e. The topological polar surface area (TPSA) is 46.2 Å². The van der Waals surface area contributed by atoms with Crippen molar-refractivity contribution >= 4 is 6.16 Å². The van der Waals surface area contributed by atoms with Gasteiger partial charge in [0.2, 0.25) is 0 Å². The highest BCUT2D eigenvalue weighted by molar-refractivity contribution is 5.56. The Labute approximate surface area is 47.3 Å². The molecular weight excluding hydrogens is 108 g/mol. The van der Waals surface area contributed by atoms with Crippen molar-refractivity contribution in [2.45, 2.75) is 19.4 Å². The maximum atomic E-state index is 9.66. The molecule has 0 heterocycles. The zero-order valence-corrected chi connectivity index (χ0v) is 4.59. The van der Waals surface area contributed by atoms with Gasteiger partial charge in [-0.25, -0.2) is 0 Å². The van der Waals surface area contributed by atoms with Crippen molar-refractivity contribution in [2.24, 2.45) is 5.92 Å². The summed E-state index contributed by atoms with van der Waals surface area (Å²) in [5.41, 5.74) is 0. The minimum absolute atomic E-state index is 0.0694. The average Bonchev–Trinajstić information content (AvgIpc) is 2.17. The molecule has 1 aliphatic carbocycles. The summed E-state index contributed by atoms with van der Waals surface area (Å²) in [5.74, 6) is 0.410. The van der Waals surface area contributed by atoms with Crippen molar-refractivity contribution in [3.63, 3.8) is 0 Å². The molecule has 1 aliphatic rings. The van der Waals surface area contributed by atoms with Crippen molar-refractivity contribution in [3.05, 3.63) is 0 Å². The Kier molecular flexibility index (Phi) is 1.12. The molecular formula is C5H7O3. The maximum Gasteiger partial charge on any atom is 0.550 e. The Morgan fingerprint density at radius 3 is 2.38 bits per heavy atom. The van der Waals surface area contributed by atoms with Crippen LogP contribution < -0.4 is 0 Å². The first-order valence-corrected chi connectivity index (χ1v) is 2.58. The number of carbonyl (C=O) groups excluding carboxylic acids is 1. The molecule has 2 atom stereocenters. The Hall–Kier alpha value is -0.730. The van der Waals surface area contributed by atoms with Crippen LogP contribution in [0.2, 0.25) is 0 Å². The lowest BCUT2D eigenvalue weighted by Gasteiger charge is -1.90. The van der Waals surface area contributed by atoms with Crippen LogP contribution in [0.1, 0.15) is 13.3 Å². The van der Waals surface area contributed by atoms with E-state index in [1.54, 1.807) is 0 Å². The third kappa shape index (κ3) is 1.12. The van der Waals surface area contributed by atoms with Gasteiger partial charge in [-0.15, -0.1) is 0 Å². The second-order valence-electron chi connectivity index (χ2n) is 2.12. The fourth-order valence-corrected chi connectivity index (χ4v) is 0.576. The minimum Gasteiger partial charge on any atom is -0.428 e. The lowest BCUT2D eigenvalue weighted by molar-refractivity contribution is 0.0583. The van der Waals surface area contributed by atoms with Gasteiger partial charge in [0.1, 0.15) is 6.10 Å². The highest BCUT2D eigenvalue weighted by atomic mass is 16.7. The van der Waals surface area contributed by atoms with Gasteiger partial charge in [-0.3, -0.25) is 0 Å². The minimum atomic E-state index is -1.40. The molecule has 0 aromatic heterocycles. The first-order chi connectivity index (χ1) is 3.70. The van der Waals surface area contributed by atoms with Gasteiger partial charge >= 0.3 is 6.16 Å². The average molecular weight is 115 g/mol. The third-order valence-electron chi connectivity index (χ3n) is 1.28. The molecule has 0 aromatic carbocycles. The zero-order chi connectivity index (χ0) is 6.15. The first-order valence-electron chi connectivity index (χ1n) is 2.58. The number of ether oxygens (including phenoxy) is 1. The lowest BCUT2D eigenvalue weighted by atomic mass is 10.5. The molecule has 3 nitrogen and oxygen atoms in total. The molecule has 0 bridgehead atoms. The summed E-state index contributed by atoms with van der Waals surface area (Å²) in [6.07, 6.45) is -0.618. The maximum absolute atomic E-state index is 9.66. The van der Waals surface area contributed by atoms with Crippen LogP contribution in [0.5, 0.6) is 0 Å². The summed E-state index contributed by atoms with van der Waals surface area (Å²) in [4.78, 5) is 9.66. The van der Waals surface area contributed by atoms with Crippen LogP contribution in [0.3, 0.4) is 0 Å². The molecule has 1 rings (SSSR count). The Bertz CT molecular complexity index is 110. The van der Waals surface area contributed by atoms with Crippen LogP contribution in [0.15, 0.2) is 0 Å². The van der Waals surface area contributed by atoms with Crippen LogP contribution in [0.25, 0.3) is 0 Å². The molecule has 2 unspecified atom stereocenters. The van der Waals surface area contributed by atoms with Crippen LogP contribution in [0.4, 0.5) is 4.79 Å². The van der Waals surface area contributed by atoms with Gasteiger partial charge in [0, 0.05) is 0 Å². The molecule has 0 saturated heterocycles. The highest BCUT2D eigenvalue weighted by Crippen LogP contribution is 2.32. The van der Waals surface area contributed by atoms with Gasteiger partial charge in [-0.1, -0.05) is 6.92 Å². The molecule has 0 N–H and O–H groups in total.